The number of ether oxygens (including phenoxy) is 1. The van der Waals surface area contributed by atoms with Crippen LogP contribution >= 0.6 is 0 Å². The van der Waals surface area contributed by atoms with E-state index in [4.69, 9.17) is 10.5 Å². The van der Waals surface area contributed by atoms with Crippen molar-refractivity contribution in [3.05, 3.63) is 0 Å². The molecule has 0 aliphatic rings. The number of rotatable bonds is 13. The Balaban J connectivity index is 3.16. The second-order valence-corrected chi connectivity index (χ2v) is 4.78. The first kappa shape index (κ1) is 17.9. The minimum Gasteiger partial charge on any atom is -0.385 e. The van der Waals surface area contributed by atoms with Crippen LogP contribution in [0.3, 0.4) is 0 Å². The number of amides is 2. The lowest BCUT2D eigenvalue weighted by Crippen LogP contribution is -2.24. The minimum atomic E-state index is -0.217. The summed E-state index contributed by atoms with van der Waals surface area (Å²) in [6, 6.07) is 0. The Labute approximate surface area is 116 Å². The van der Waals surface area contributed by atoms with Gasteiger partial charge in [0.15, 0.2) is 0 Å². The first-order valence-corrected chi connectivity index (χ1v) is 7.20. The van der Waals surface area contributed by atoms with Gasteiger partial charge in [0.25, 0.3) is 0 Å². The van der Waals surface area contributed by atoms with Gasteiger partial charge in [-0.1, -0.05) is 25.7 Å². The van der Waals surface area contributed by atoms with Gasteiger partial charge in [0.2, 0.25) is 11.8 Å². The number of hydrogen-bond acceptors (Lipinski definition) is 3. The number of carbonyl (C=O) groups is 2. The topological polar surface area (TPSA) is 81.4 Å². The molecule has 0 aliphatic carbocycles. The van der Waals surface area contributed by atoms with Gasteiger partial charge in [-0.15, -0.1) is 0 Å². The third-order valence-corrected chi connectivity index (χ3v) is 2.92. The van der Waals surface area contributed by atoms with Crippen molar-refractivity contribution >= 4 is 11.8 Å². The van der Waals surface area contributed by atoms with Crippen molar-refractivity contribution in [2.75, 3.05) is 20.3 Å². The predicted molar refractivity (Wildman–Crippen MR) is 75.6 cm³/mol. The van der Waals surface area contributed by atoms with E-state index in [0.29, 0.717) is 26.0 Å². The van der Waals surface area contributed by atoms with Gasteiger partial charge < -0.3 is 15.8 Å². The van der Waals surface area contributed by atoms with Crippen LogP contribution < -0.4 is 11.1 Å². The molecule has 0 unspecified atom stereocenters. The zero-order valence-corrected chi connectivity index (χ0v) is 12.1. The van der Waals surface area contributed by atoms with E-state index in [2.05, 4.69) is 5.32 Å². The molecule has 0 spiro atoms. The molecule has 5 heteroatoms. The molecule has 2 amide bonds. The molecule has 0 saturated carbocycles. The van der Waals surface area contributed by atoms with Crippen LogP contribution in [0.1, 0.15) is 57.8 Å². The highest BCUT2D eigenvalue weighted by Crippen LogP contribution is 2.08. The molecule has 0 atom stereocenters. The average molecular weight is 272 g/mol. The van der Waals surface area contributed by atoms with E-state index in [1.807, 2.05) is 0 Å². The summed E-state index contributed by atoms with van der Waals surface area (Å²) >= 11 is 0. The van der Waals surface area contributed by atoms with Gasteiger partial charge in [-0.05, 0) is 19.3 Å². The Morgan fingerprint density at radius 1 is 0.947 bits per heavy atom. The fourth-order valence-corrected chi connectivity index (χ4v) is 1.82. The zero-order chi connectivity index (χ0) is 14.3. The SMILES string of the molecule is COCCCNC(=O)CCCCCCCCC(N)=O. The first-order valence-electron chi connectivity index (χ1n) is 7.20. The molecule has 0 aromatic carbocycles. The molecular weight excluding hydrogens is 244 g/mol. The second-order valence-electron chi connectivity index (χ2n) is 4.78. The molecule has 0 rings (SSSR count). The molecule has 0 bridgehead atoms. The molecular formula is C14H28N2O3. The lowest BCUT2D eigenvalue weighted by molar-refractivity contribution is -0.121. The summed E-state index contributed by atoms with van der Waals surface area (Å²) in [6.07, 6.45) is 8.13. The van der Waals surface area contributed by atoms with Gasteiger partial charge in [0.05, 0.1) is 0 Å². The summed E-state index contributed by atoms with van der Waals surface area (Å²) in [6.45, 7) is 1.38. The summed E-state index contributed by atoms with van der Waals surface area (Å²) in [4.78, 5) is 21.9. The van der Waals surface area contributed by atoms with Gasteiger partial charge in [0, 0.05) is 33.1 Å². The Bertz CT molecular complexity index is 245. The molecule has 0 fully saturated rings. The normalized spacial score (nSPS) is 10.4. The molecule has 0 aliphatic heterocycles. The molecule has 0 aromatic rings. The minimum absolute atomic E-state index is 0.129. The maximum absolute atomic E-state index is 11.4. The van der Waals surface area contributed by atoms with Crippen LogP contribution in [0.4, 0.5) is 0 Å². The van der Waals surface area contributed by atoms with Crippen molar-refractivity contribution in [1.29, 1.82) is 0 Å². The van der Waals surface area contributed by atoms with Crippen molar-refractivity contribution in [3.8, 4) is 0 Å². The number of unbranched alkanes of at least 4 members (excludes halogenated alkanes) is 5. The van der Waals surface area contributed by atoms with Crippen LogP contribution in [0, 0.1) is 0 Å². The van der Waals surface area contributed by atoms with E-state index in [0.717, 1.165) is 44.9 Å². The fourth-order valence-electron chi connectivity index (χ4n) is 1.82. The Kier molecular flexibility index (Phi) is 12.6. The Morgan fingerprint density at radius 3 is 2.11 bits per heavy atom. The van der Waals surface area contributed by atoms with Gasteiger partial charge in [-0.25, -0.2) is 0 Å². The summed E-state index contributed by atoms with van der Waals surface area (Å²) in [5, 5.41) is 2.87. The van der Waals surface area contributed by atoms with Crippen LogP contribution in [-0.4, -0.2) is 32.1 Å². The highest BCUT2D eigenvalue weighted by Gasteiger charge is 2.00. The standard InChI is InChI=1S/C14H28N2O3/c1-19-12-8-11-16-14(18)10-7-5-3-2-4-6-9-13(15)17/h2-12H2,1H3,(H2,15,17)(H,16,18). The van der Waals surface area contributed by atoms with Crippen molar-refractivity contribution in [2.24, 2.45) is 5.73 Å². The number of nitrogens with two attached hydrogens (primary N) is 1. The van der Waals surface area contributed by atoms with Crippen molar-refractivity contribution in [1.82, 2.24) is 5.32 Å². The molecule has 3 N–H and O–H groups in total. The predicted octanol–water partition coefficient (Wildman–Crippen LogP) is 1.75. The van der Waals surface area contributed by atoms with Crippen LogP contribution in [0.15, 0.2) is 0 Å². The Hall–Kier alpha value is -1.10. The highest BCUT2D eigenvalue weighted by atomic mass is 16.5. The average Bonchev–Trinajstić information content (AvgIpc) is 2.37. The smallest absolute Gasteiger partial charge is 0.219 e. The quantitative estimate of drug-likeness (QED) is 0.501. The third kappa shape index (κ3) is 14.8. The van der Waals surface area contributed by atoms with E-state index < -0.39 is 0 Å². The van der Waals surface area contributed by atoms with E-state index in [9.17, 15) is 9.59 Å². The summed E-state index contributed by atoms with van der Waals surface area (Å²) in [7, 11) is 1.66. The molecule has 0 heterocycles. The molecule has 5 nitrogen and oxygen atoms in total. The fraction of sp³-hybridized carbons (Fsp3) is 0.857. The molecule has 0 aromatic heterocycles. The summed E-state index contributed by atoms with van der Waals surface area (Å²) in [5.41, 5.74) is 5.06. The zero-order valence-electron chi connectivity index (χ0n) is 12.1. The van der Waals surface area contributed by atoms with Gasteiger partial charge in [-0.3, -0.25) is 9.59 Å². The second kappa shape index (κ2) is 13.3. The monoisotopic (exact) mass is 272 g/mol. The van der Waals surface area contributed by atoms with E-state index in [1.54, 1.807) is 7.11 Å². The maximum Gasteiger partial charge on any atom is 0.219 e. The molecule has 112 valence electrons. The number of nitrogens with one attached hydrogen (secondary N) is 1. The number of primary amides is 1. The van der Waals surface area contributed by atoms with Crippen LogP contribution in [0.25, 0.3) is 0 Å². The molecule has 0 saturated heterocycles. The van der Waals surface area contributed by atoms with Gasteiger partial charge in [-0.2, -0.15) is 0 Å². The van der Waals surface area contributed by atoms with Crippen LogP contribution in [0.5, 0.6) is 0 Å². The Morgan fingerprint density at radius 2 is 1.53 bits per heavy atom. The number of hydrogen-bond donors (Lipinski definition) is 2. The largest absolute Gasteiger partial charge is 0.385 e. The van der Waals surface area contributed by atoms with Crippen molar-refractivity contribution in [3.63, 3.8) is 0 Å². The molecule has 0 radical (unpaired) electrons. The first-order chi connectivity index (χ1) is 9.16. The van der Waals surface area contributed by atoms with E-state index in [1.165, 1.54) is 0 Å². The maximum atomic E-state index is 11.4. The summed E-state index contributed by atoms with van der Waals surface area (Å²) < 4.78 is 4.90. The van der Waals surface area contributed by atoms with Crippen molar-refractivity contribution in [2.45, 2.75) is 57.8 Å². The van der Waals surface area contributed by atoms with Crippen LogP contribution in [0.2, 0.25) is 0 Å². The molecule has 19 heavy (non-hydrogen) atoms. The van der Waals surface area contributed by atoms with E-state index >= 15 is 0 Å². The number of carbonyl (C=O) groups excluding carboxylic acids is 2. The highest BCUT2D eigenvalue weighted by molar-refractivity contribution is 5.75. The van der Waals surface area contributed by atoms with Crippen LogP contribution in [-0.2, 0) is 14.3 Å². The van der Waals surface area contributed by atoms with Crippen molar-refractivity contribution < 1.29 is 14.3 Å². The lowest BCUT2D eigenvalue weighted by atomic mass is 10.1. The summed E-state index contributed by atoms with van der Waals surface area (Å²) in [5.74, 6) is -0.0880. The third-order valence-electron chi connectivity index (χ3n) is 2.92. The van der Waals surface area contributed by atoms with E-state index in [-0.39, 0.29) is 11.8 Å². The lowest BCUT2D eigenvalue weighted by Gasteiger charge is -2.04. The number of methoxy groups -OCH3 is 1. The van der Waals surface area contributed by atoms with Gasteiger partial charge in [0.1, 0.15) is 0 Å². The van der Waals surface area contributed by atoms with Gasteiger partial charge >= 0.3 is 0 Å².